The zero-order chi connectivity index (χ0) is 24.0. The summed E-state index contributed by atoms with van der Waals surface area (Å²) in [5.74, 6) is 0.644. The predicted molar refractivity (Wildman–Crippen MR) is 154 cm³/mol. The van der Waals surface area contributed by atoms with Gasteiger partial charge in [0.1, 0.15) is 5.75 Å². The highest BCUT2D eigenvalue weighted by atomic mass is 79.9. The molecule has 4 rings (SSSR count). The zero-order valence-electron chi connectivity index (χ0n) is 17.1. The molecule has 0 saturated heterocycles. The lowest BCUT2D eigenvalue weighted by molar-refractivity contribution is 0.514. The first-order chi connectivity index (χ1) is 15.8. The van der Waals surface area contributed by atoms with Gasteiger partial charge in [-0.05, 0) is 123 Å². The molecule has 0 fully saturated rings. The zero-order valence-corrected chi connectivity index (χ0v) is 24.4. The second-order valence-corrected chi connectivity index (χ2v) is 11.5. The van der Waals surface area contributed by atoms with Crippen molar-refractivity contribution >= 4 is 88.4 Å². The molecule has 0 radical (unpaired) electrons. The minimum Gasteiger partial charge on any atom is -0.442 e. The van der Waals surface area contributed by atoms with Crippen LogP contribution < -0.4 is 21.3 Å². The molecule has 0 bridgehead atoms. The molecule has 4 aromatic carbocycles. The fourth-order valence-electron chi connectivity index (χ4n) is 2.73. The summed E-state index contributed by atoms with van der Waals surface area (Å²) < 4.78 is 20.6. The third-order valence-corrected chi connectivity index (χ3v) is 8.30. The molecule has 1 unspecified atom stereocenters. The van der Waals surface area contributed by atoms with Gasteiger partial charge in [0.25, 0.3) is 8.03 Å². The minimum absolute atomic E-state index is 0.644. The lowest BCUT2D eigenvalue weighted by Gasteiger charge is -2.10. The largest absolute Gasteiger partial charge is 0.442 e. The third-order valence-electron chi connectivity index (χ3n) is 4.45. The van der Waals surface area contributed by atoms with Gasteiger partial charge < -0.3 is 16.0 Å². The first-order valence-corrected chi connectivity index (χ1v) is 14.1. The molecule has 0 heterocycles. The van der Waals surface area contributed by atoms with Crippen LogP contribution in [0.4, 0.5) is 11.4 Å². The Kier molecular flexibility index (Phi) is 9.65. The lowest BCUT2D eigenvalue weighted by Crippen LogP contribution is -1.98. The van der Waals surface area contributed by atoms with Gasteiger partial charge in [0.05, 0.1) is 11.4 Å². The van der Waals surface area contributed by atoms with Crippen LogP contribution in [0.2, 0.25) is 0 Å². The van der Waals surface area contributed by atoms with Crippen molar-refractivity contribution in [2.75, 3.05) is 11.5 Å². The number of para-hydroxylation sites is 1. The summed E-state index contributed by atoms with van der Waals surface area (Å²) in [7, 11) is -2.17. The number of rotatable bonds is 4. The maximum absolute atomic E-state index is 11.8. The third kappa shape index (κ3) is 7.20. The van der Waals surface area contributed by atoms with Crippen molar-refractivity contribution < 1.29 is 9.09 Å². The Morgan fingerprint density at radius 1 is 0.606 bits per heavy atom. The molecule has 0 saturated carbocycles. The van der Waals surface area contributed by atoms with E-state index in [2.05, 4.69) is 63.7 Å². The second kappa shape index (κ2) is 12.2. The van der Waals surface area contributed by atoms with Crippen molar-refractivity contribution in [1.82, 2.24) is 0 Å². The fourth-order valence-corrected chi connectivity index (χ4v) is 6.04. The minimum atomic E-state index is -2.17. The van der Waals surface area contributed by atoms with Gasteiger partial charge in [-0.3, -0.25) is 4.57 Å². The monoisotopic (exact) mass is 714 g/mol. The van der Waals surface area contributed by atoms with Gasteiger partial charge >= 0.3 is 0 Å². The van der Waals surface area contributed by atoms with Crippen LogP contribution in [0, 0.1) is 0 Å². The average molecular weight is 718 g/mol. The molecule has 0 amide bonds. The van der Waals surface area contributed by atoms with E-state index in [4.69, 9.17) is 16.0 Å². The smallest absolute Gasteiger partial charge is 0.265 e. The number of hydrogen-bond donors (Lipinski definition) is 2. The van der Waals surface area contributed by atoms with Crippen molar-refractivity contribution in [1.29, 1.82) is 0 Å². The number of benzene rings is 4. The highest BCUT2D eigenvalue weighted by Crippen LogP contribution is 2.38. The van der Waals surface area contributed by atoms with Crippen LogP contribution in [0.1, 0.15) is 0 Å². The van der Waals surface area contributed by atoms with E-state index < -0.39 is 8.03 Å². The summed E-state index contributed by atoms with van der Waals surface area (Å²) in [4.78, 5) is 0. The molecular formula is C24H19Br4N2O2P. The molecule has 0 aromatic heterocycles. The van der Waals surface area contributed by atoms with Crippen molar-refractivity contribution in [3.63, 3.8) is 0 Å². The van der Waals surface area contributed by atoms with Gasteiger partial charge in [-0.15, -0.1) is 0 Å². The molecular weight excluding hydrogens is 699 g/mol. The fraction of sp³-hybridized carbons (Fsp3) is 0. The Bertz CT molecular complexity index is 1170. The summed E-state index contributed by atoms with van der Waals surface area (Å²) in [6.07, 6.45) is 0. The van der Waals surface area contributed by atoms with Crippen molar-refractivity contribution in [2.24, 2.45) is 0 Å². The Morgan fingerprint density at radius 2 is 0.970 bits per heavy atom. The molecule has 0 aliphatic rings. The summed E-state index contributed by atoms with van der Waals surface area (Å²) in [5.41, 5.74) is 15.2. The normalized spacial score (nSPS) is 11.3. The predicted octanol–water partition coefficient (Wildman–Crippen LogP) is 8.43. The molecule has 4 N–H and O–H groups in total. The van der Waals surface area contributed by atoms with Crippen LogP contribution in [0.25, 0.3) is 11.1 Å². The maximum atomic E-state index is 11.8. The molecule has 4 aromatic rings. The van der Waals surface area contributed by atoms with Gasteiger partial charge in [0.15, 0.2) is 0 Å². The molecule has 170 valence electrons. The molecule has 4 nitrogen and oxygen atoms in total. The van der Waals surface area contributed by atoms with Crippen LogP contribution in [0.5, 0.6) is 5.75 Å². The first-order valence-electron chi connectivity index (χ1n) is 9.58. The van der Waals surface area contributed by atoms with E-state index in [1.54, 1.807) is 12.1 Å². The Labute approximate surface area is 227 Å². The molecule has 0 aliphatic carbocycles. The molecule has 9 heteroatoms. The quantitative estimate of drug-likeness (QED) is 0.164. The lowest BCUT2D eigenvalue weighted by atomic mass is 10.1. The van der Waals surface area contributed by atoms with Gasteiger partial charge in [0.2, 0.25) is 0 Å². The summed E-state index contributed by atoms with van der Waals surface area (Å²) in [5, 5.41) is 0.742. The molecule has 0 spiro atoms. The molecule has 1 atom stereocenters. The van der Waals surface area contributed by atoms with Crippen LogP contribution >= 0.6 is 71.7 Å². The van der Waals surface area contributed by atoms with Gasteiger partial charge in [-0.2, -0.15) is 0 Å². The number of anilines is 2. The number of halogens is 4. The van der Waals surface area contributed by atoms with E-state index >= 15 is 0 Å². The van der Waals surface area contributed by atoms with Crippen molar-refractivity contribution in [2.45, 2.75) is 0 Å². The van der Waals surface area contributed by atoms with Crippen molar-refractivity contribution in [3.05, 3.63) is 103 Å². The van der Waals surface area contributed by atoms with Crippen LogP contribution in [0.15, 0.2) is 103 Å². The van der Waals surface area contributed by atoms with Gasteiger partial charge in [0, 0.05) is 23.2 Å². The number of nitrogen functional groups attached to an aromatic ring is 2. The topological polar surface area (TPSA) is 78.3 Å². The molecule has 0 aliphatic heterocycles. The maximum Gasteiger partial charge on any atom is 0.265 e. The Hall–Kier alpha value is -1.57. The number of hydrogen-bond acceptors (Lipinski definition) is 4. The Balaban J connectivity index is 0.000000189. The molecule has 33 heavy (non-hydrogen) atoms. The van der Waals surface area contributed by atoms with E-state index in [-0.39, 0.29) is 0 Å². The standard InChI is InChI=1S/C12H8Br4N2.C12H11O2P/c13-7-1-5(2-8(14)11(7)17)6-3-9(15)12(18)10(16)4-6;13-15(12-9-5-2-6-10-12)14-11-7-3-1-4-8-11/h1-4H,17-18H2;1-10,15H. The summed E-state index contributed by atoms with van der Waals surface area (Å²) in [6.45, 7) is 0. The van der Waals surface area contributed by atoms with E-state index in [9.17, 15) is 4.57 Å². The van der Waals surface area contributed by atoms with E-state index in [1.165, 1.54) is 0 Å². The summed E-state index contributed by atoms with van der Waals surface area (Å²) in [6, 6.07) is 26.3. The summed E-state index contributed by atoms with van der Waals surface area (Å²) >= 11 is 13.8. The van der Waals surface area contributed by atoms with E-state index in [0.29, 0.717) is 17.1 Å². The average Bonchev–Trinajstić information content (AvgIpc) is 2.82. The van der Waals surface area contributed by atoms with Crippen LogP contribution in [-0.2, 0) is 4.57 Å². The SMILES string of the molecule is Nc1c(Br)cc(-c2cc(Br)c(N)c(Br)c2)cc1Br.O=[PH](Oc1ccccc1)c1ccccc1. The highest BCUT2D eigenvalue weighted by Gasteiger charge is 2.09. The van der Waals surface area contributed by atoms with Crippen LogP contribution in [0.3, 0.4) is 0 Å². The Morgan fingerprint density at radius 3 is 1.36 bits per heavy atom. The number of nitrogens with two attached hydrogens (primary N) is 2. The highest BCUT2D eigenvalue weighted by molar-refractivity contribution is 9.11. The first kappa shape index (κ1) is 26.0. The van der Waals surface area contributed by atoms with Gasteiger partial charge in [-0.1, -0.05) is 36.4 Å². The van der Waals surface area contributed by atoms with Crippen LogP contribution in [-0.4, -0.2) is 0 Å². The second-order valence-electron chi connectivity index (χ2n) is 6.78. The van der Waals surface area contributed by atoms with E-state index in [0.717, 1.165) is 34.3 Å². The van der Waals surface area contributed by atoms with E-state index in [1.807, 2.05) is 72.8 Å². The van der Waals surface area contributed by atoms with Gasteiger partial charge in [-0.25, -0.2) is 0 Å². The van der Waals surface area contributed by atoms with Crippen molar-refractivity contribution in [3.8, 4) is 16.9 Å².